The van der Waals surface area contributed by atoms with Gasteiger partial charge in [0.25, 0.3) is 0 Å². The van der Waals surface area contributed by atoms with Crippen molar-refractivity contribution in [2.75, 3.05) is 6.61 Å². The van der Waals surface area contributed by atoms with Crippen molar-refractivity contribution in [2.24, 2.45) is 0 Å². The average molecular weight is 258 g/mol. The first-order valence-corrected chi connectivity index (χ1v) is 6.14. The number of Topliss-reactive ketones (excluding diaryl/α,β-unsaturated/α-hetero) is 1. The lowest BCUT2D eigenvalue weighted by atomic mass is 10.1. The fourth-order valence-corrected chi connectivity index (χ4v) is 1.75. The van der Waals surface area contributed by atoms with Crippen molar-refractivity contribution in [3.63, 3.8) is 0 Å². The summed E-state index contributed by atoms with van der Waals surface area (Å²) in [5.74, 6) is -0.177. The monoisotopic (exact) mass is 258 g/mol. The predicted octanol–water partition coefficient (Wildman–Crippen LogP) is 3.79. The van der Waals surface area contributed by atoms with E-state index in [9.17, 15) is 9.18 Å². The molecule has 2 aromatic rings. The first-order valence-electron chi connectivity index (χ1n) is 6.14. The Hall–Kier alpha value is -2.16. The molecule has 0 aliphatic rings. The summed E-state index contributed by atoms with van der Waals surface area (Å²) >= 11 is 0. The van der Waals surface area contributed by atoms with Gasteiger partial charge in [-0.1, -0.05) is 42.5 Å². The molecule has 0 amide bonds. The summed E-state index contributed by atoms with van der Waals surface area (Å²) in [6.45, 7) is 1.85. The maximum absolute atomic E-state index is 13.6. The minimum Gasteiger partial charge on any atom is -0.490 e. The fraction of sp³-hybridized carbons (Fsp3) is 0.188. The second-order valence-corrected chi connectivity index (χ2v) is 4.27. The molecule has 2 rings (SSSR count). The van der Waals surface area contributed by atoms with Gasteiger partial charge in [0.05, 0.1) is 6.61 Å². The molecular formula is C16H15FO2. The quantitative estimate of drug-likeness (QED) is 0.763. The zero-order valence-corrected chi connectivity index (χ0v) is 10.7. The highest BCUT2D eigenvalue weighted by Crippen LogP contribution is 2.19. The molecule has 0 radical (unpaired) electrons. The molecule has 3 heteroatoms. The molecule has 19 heavy (non-hydrogen) atoms. The Labute approximate surface area is 111 Å². The van der Waals surface area contributed by atoms with E-state index in [2.05, 4.69) is 0 Å². The highest BCUT2D eigenvalue weighted by atomic mass is 19.1. The van der Waals surface area contributed by atoms with Crippen LogP contribution in [0.2, 0.25) is 0 Å². The maximum Gasteiger partial charge on any atom is 0.167 e. The van der Waals surface area contributed by atoms with E-state index >= 15 is 0 Å². The Bertz CT molecular complexity index is 564. The minimum absolute atomic E-state index is 0.00587. The number of benzene rings is 2. The molecule has 2 aromatic carbocycles. The summed E-state index contributed by atoms with van der Waals surface area (Å²) in [5, 5.41) is 0. The van der Waals surface area contributed by atoms with Gasteiger partial charge in [-0.25, -0.2) is 4.39 Å². The molecule has 0 aliphatic carbocycles. The molecule has 0 aliphatic heterocycles. The summed E-state index contributed by atoms with van der Waals surface area (Å²) in [6, 6.07) is 14.0. The van der Waals surface area contributed by atoms with Crippen LogP contribution >= 0.6 is 0 Å². The van der Waals surface area contributed by atoms with E-state index in [1.54, 1.807) is 37.3 Å². The highest BCUT2D eigenvalue weighted by molar-refractivity contribution is 5.96. The Morgan fingerprint density at radius 2 is 1.84 bits per heavy atom. The number of rotatable bonds is 5. The van der Waals surface area contributed by atoms with Gasteiger partial charge in [-0.15, -0.1) is 0 Å². The molecular weight excluding hydrogens is 243 g/mol. The van der Waals surface area contributed by atoms with Crippen LogP contribution in [0.15, 0.2) is 48.5 Å². The number of hydrogen-bond acceptors (Lipinski definition) is 2. The molecule has 2 nitrogen and oxygen atoms in total. The van der Waals surface area contributed by atoms with E-state index in [-0.39, 0.29) is 30.4 Å². The molecule has 98 valence electrons. The van der Waals surface area contributed by atoms with Crippen LogP contribution in [0.4, 0.5) is 4.39 Å². The molecule has 0 bridgehead atoms. The van der Waals surface area contributed by atoms with Crippen LogP contribution in [0.1, 0.15) is 22.3 Å². The van der Waals surface area contributed by atoms with Crippen molar-refractivity contribution in [1.82, 2.24) is 0 Å². The lowest BCUT2D eigenvalue weighted by Crippen LogP contribution is -2.07. The summed E-state index contributed by atoms with van der Waals surface area (Å²) < 4.78 is 19.0. The van der Waals surface area contributed by atoms with E-state index in [1.807, 2.05) is 18.2 Å². The molecule has 0 saturated carbocycles. The second kappa shape index (κ2) is 6.14. The molecule has 0 spiro atoms. The van der Waals surface area contributed by atoms with Gasteiger partial charge in [0.15, 0.2) is 17.3 Å². The molecule has 0 saturated heterocycles. The van der Waals surface area contributed by atoms with E-state index in [0.29, 0.717) is 11.1 Å². The predicted molar refractivity (Wildman–Crippen MR) is 72.0 cm³/mol. The van der Waals surface area contributed by atoms with Gasteiger partial charge in [0.1, 0.15) is 0 Å². The van der Waals surface area contributed by atoms with Gasteiger partial charge in [0, 0.05) is 12.0 Å². The van der Waals surface area contributed by atoms with Crippen molar-refractivity contribution >= 4 is 5.78 Å². The number of carbonyl (C=O) groups excluding carboxylic acids is 1. The third-order valence-corrected chi connectivity index (χ3v) is 2.84. The lowest BCUT2D eigenvalue weighted by Gasteiger charge is -2.08. The van der Waals surface area contributed by atoms with Crippen LogP contribution in [0.3, 0.4) is 0 Å². The number of carbonyl (C=O) groups is 1. The number of hydrogen-bond donors (Lipinski definition) is 0. The van der Waals surface area contributed by atoms with E-state index in [1.165, 1.54) is 0 Å². The van der Waals surface area contributed by atoms with E-state index in [4.69, 9.17) is 4.74 Å². The Morgan fingerprint density at radius 1 is 1.11 bits per heavy atom. The Morgan fingerprint density at radius 3 is 2.58 bits per heavy atom. The first kappa shape index (κ1) is 13.3. The number of halogens is 1. The standard InChI is InChI=1S/C16H15FO2/c1-12-6-5-9-15(16(12)17)19-11-10-14(18)13-7-3-2-4-8-13/h2-9H,10-11H2,1H3. The highest BCUT2D eigenvalue weighted by Gasteiger charge is 2.08. The van der Waals surface area contributed by atoms with Crippen LogP contribution in [-0.2, 0) is 0 Å². The zero-order chi connectivity index (χ0) is 13.7. The van der Waals surface area contributed by atoms with E-state index in [0.717, 1.165) is 0 Å². The zero-order valence-electron chi connectivity index (χ0n) is 10.7. The minimum atomic E-state index is -0.366. The van der Waals surface area contributed by atoms with Gasteiger partial charge >= 0.3 is 0 Å². The van der Waals surface area contributed by atoms with Gasteiger partial charge < -0.3 is 4.74 Å². The number of ketones is 1. The van der Waals surface area contributed by atoms with Crippen LogP contribution in [0.25, 0.3) is 0 Å². The molecule has 0 fully saturated rings. The fourth-order valence-electron chi connectivity index (χ4n) is 1.75. The third-order valence-electron chi connectivity index (χ3n) is 2.84. The van der Waals surface area contributed by atoms with Gasteiger partial charge in [-0.2, -0.15) is 0 Å². The Balaban J connectivity index is 1.90. The van der Waals surface area contributed by atoms with Crippen LogP contribution in [0.5, 0.6) is 5.75 Å². The summed E-state index contributed by atoms with van der Waals surface area (Å²) in [5.41, 5.74) is 1.18. The normalized spacial score (nSPS) is 10.2. The average Bonchev–Trinajstić information content (AvgIpc) is 2.44. The van der Waals surface area contributed by atoms with Crippen molar-refractivity contribution in [3.8, 4) is 5.75 Å². The number of aryl methyl sites for hydroxylation is 1. The summed E-state index contributed by atoms with van der Waals surface area (Å²) in [7, 11) is 0. The van der Waals surface area contributed by atoms with Crippen LogP contribution in [0, 0.1) is 12.7 Å². The lowest BCUT2D eigenvalue weighted by molar-refractivity contribution is 0.0961. The molecule has 0 aromatic heterocycles. The summed E-state index contributed by atoms with van der Waals surface area (Å²) in [6.07, 6.45) is 0.234. The SMILES string of the molecule is Cc1cccc(OCCC(=O)c2ccccc2)c1F. The molecule has 0 N–H and O–H groups in total. The molecule has 0 atom stereocenters. The largest absolute Gasteiger partial charge is 0.490 e. The van der Waals surface area contributed by atoms with Crippen LogP contribution in [-0.4, -0.2) is 12.4 Å². The number of ether oxygens (including phenoxy) is 1. The van der Waals surface area contributed by atoms with Crippen molar-refractivity contribution in [2.45, 2.75) is 13.3 Å². The van der Waals surface area contributed by atoms with Crippen molar-refractivity contribution in [1.29, 1.82) is 0 Å². The van der Waals surface area contributed by atoms with Gasteiger partial charge in [0.2, 0.25) is 0 Å². The molecule has 0 unspecified atom stereocenters. The van der Waals surface area contributed by atoms with Crippen molar-refractivity contribution in [3.05, 3.63) is 65.5 Å². The second-order valence-electron chi connectivity index (χ2n) is 4.27. The summed E-state index contributed by atoms with van der Waals surface area (Å²) in [4.78, 5) is 11.8. The van der Waals surface area contributed by atoms with Crippen molar-refractivity contribution < 1.29 is 13.9 Å². The first-order chi connectivity index (χ1) is 9.18. The maximum atomic E-state index is 13.6. The van der Waals surface area contributed by atoms with Crippen LogP contribution < -0.4 is 4.74 Å². The van der Waals surface area contributed by atoms with Gasteiger partial charge in [-0.3, -0.25) is 4.79 Å². The van der Waals surface area contributed by atoms with E-state index < -0.39 is 0 Å². The Kier molecular flexibility index (Phi) is 4.29. The van der Waals surface area contributed by atoms with Gasteiger partial charge in [-0.05, 0) is 18.6 Å². The topological polar surface area (TPSA) is 26.3 Å². The smallest absolute Gasteiger partial charge is 0.167 e. The molecule has 0 heterocycles. The third kappa shape index (κ3) is 3.41.